The van der Waals surface area contributed by atoms with Gasteiger partial charge in [-0.1, -0.05) is 12.1 Å². The van der Waals surface area contributed by atoms with Gasteiger partial charge in [-0.25, -0.2) is 8.78 Å². The minimum Gasteiger partial charge on any atom is -0.505 e. The fourth-order valence-corrected chi connectivity index (χ4v) is 2.88. The van der Waals surface area contributed by atoms with Gasteiger partial charge in [0, 0.05) is 25.9 Å². The quantitative estimate of drug-likeness (QED) is 0.542. The van der Waals surface area contributed by atoms with E-state index in [0.717, 1.165) is 16.9 Å². The molecule has 0 bridgehead atoms. The van der Waals surface area contributed by atoms with Crippen molar-refractivity contribution in [2.45, 2.75) is 18.8 Å². The summed E-state index contributed by atoms with van der Waals surface area (Å²) in [7, 11) is 1.64. The first kappa shape index (κ1) is 19.1. The van der Waals surface area contributed by atoms with E-state index in [0.29, 0.717) is 24.6 Å². The highest BCUT2D eigenvalue weighted by Gasteiger charge is 2.06. The Hall–Kier alpha value is -2.28. The second-order valence-electron chi connectivity index (χ2n) is 5.41. The molecule has 0 spiro atoms. The van der Waals surface area contributed by atoms with Crippen molar-refractivity contribution in [2.75, 3.05) is 13.3 Å². The minimum atomic E-state index is -0.657. The Bertz CT molecular complexity index is 753. The van der Waals surface area contributed by atoms with Gasteiger partial charge >= 0.3 is 0 Å². The Labute approximate surface area is 150 Å². The molecule has 0 aliphatic heterocycles. The van der Waals surface area contributed by atoms with Crippen molar-refractivity contribution in [3.05, 3.63) is 64.7 Å². The van der Waals surface area contributed by atoms with Gasteiger partial charge in [0.25, 0.3) is 0 Å². The third-order valence-corrected chi connectivity index (χ3v) is 4.21. The minimum absolute atomic E-state index is 0.246. The Balaban J connectivity index is 1.95. The van der Waals surface area contributed by atoms with E-state index < -0.39 is 5.82 Å². The van der Waals surface area contributed by atoms with Crippen LogP contribution in [0.1, 0.15) is 16.7 Å². The summed E-state index contributed by atoms with van der Waals surface area (Å²) in [6.45, 7) is 0.859. The third kappa shape index (κ3) is 5.63. The molecule has 134 valence electrons. The van der Waals surface area contributed by atoms with Crippen LogP contribution in [0.5, 0.6) is 5.75 Å². The molecule has 7 heteroatoms. The lowest BCUT2D eigenvalue weighted by molar-refractivity contribution is 0.431. The van der Waals surface area contributed by atoms with Crippen molar-refractivity contribution >= 4 is 17.7 Å². The molecule has 4 nitrogen and oxygen atoms in total. The Morgan fingerprint density at radius 1 is 1.08 bits per heavy atom. The number of hydrogen-bond donors (Lipinski definition) is 3. The highest BCUT2D eigenvalue weighted by molar-refractivity contribution is 7.97. The van der Waals surface area contributed by atoms with Gasteiger partial charge in [0.2, 0.25) is 0 Å². The molecule has 0 radical (unpaired) electrons. The zero-order valence-corrected chi connectivity index (χ0v) is 15.0. The molecule has 0 aliphatic rings. The average Bonchev–Trinajstić information content (AvgIpc) is 2.60. The first-order valence-corrected chi connectivity index (χ1v) is 9.11. The Kier molecular flexibility index (Phi) is 7.06. The van der Waals surface area contributed by atoms with Crippen molar-refractivity contribution in [1.82, 2.24) is 10.6 Å². The molecule has 25 heavy (non-hydrogen) atoms. The van der Waals surface area contributed by atoms with Gasteiger partial charge < -0.3 is 15.7 Å². The molecule has 0 atom stereocenters. The van der Waals surface area contributed by atoms with Crippen LogP contribution < -0.4 is 10.6 Å². The largest absolute Gasteiger partial charge is 0.505 e. The molecule has 2 aromatic rings. The first-order chi connectivity index (χ1) is 12.0. The lowest BCUT2D eigenvalue weighted by atomic mass is 10.1. The summed E-state index contributed by atoms with van der Waals surface area (Å²) in [6, 6.07) is 8.97. The van der Waals surface area contributed by atoms with Gasteiger partial charge in [0.1, 0.15) is 5.82 Å². The van der Waals surface area contributed by atoms with Crippen LogP contribution in [0.2, 0.25) is 0 Å². The van der Waals surface area contributed by atoms with E-state index in [2.05, 4.69) is 15.6 Å². The van der Waals surface area contributed by atoms with Gasteiger partial charge in [-0.05, 0) is 47.2 Å². The normalized spacial score (nSPS) is 11.4. The molecule has 0 saturated heterocycles. The van der Waals surface area contributed by atoms with E-state index in [1.165, 1.54) is 18.2 Å². The molecular weight excluding hydrogens is 344 g/mol. The van der Waals surface area contributed by atoms with Gasteiger partial charge in [-0.2, -0.15) is 11.8 Å². The van der Waals surface area contributed by atoms with Crippen LogP contribution in [0, 0.1) is 11.6 Å². The zero-order valence-electron chi connectivity index (χ0n) is 14.1. The monoisotopic (exact) mass is 365 g/mol. The summed E-state index contributed by atoms with van der Waals surface area (Å²) in [5, 5.41) is 15.4. The van der Waals surface area contributed by atoms with Crippen molar-refractivity contribution in [3.8, 4) is 5.75 Å². The van der Waals surface area contributed by atoms with Crippen molar-refractivity contribution in [2.24, 2.45) is 4.99 Å². The molecule has 0 aliphatic carbocycles. The Morgan fingerprint density at radius 2 is 1.84 bits per heavy atom. The molecule has 0 amide bonds. The zero-order chi connectivity index (χ0) is 18.2. The van der Waals surface area contributed by atoms with Gasteiger partial charge in [-0.3, -0.25) is 4.99 Å². The van der Waals surface area contributed by atoms with Crippen LogP contribution in [0.4, 0.5) is 8.78 Å². The fourth-order valence-electron chi connectivity index (χ4n) is 2.30. The van der Waals surface area contributed by atoms with Crippen LogP contribution in [-0.2, 0) is 18.8 Å². The van der Waals surface area contributed by atoms with Crippen LogP contribution in [0.15, 0.2) is 41.4 Å². The number of aromatic hydroxyl groups is 1. The Morgan fingerprint density at radius 3 is 2.52 bits per heavy atom. The number of rotatable bonds is 6. The van der Waals surface area contributed by atoms with Gasteiger partial charge in [0.05, 0.1) is 0 Å². The molecule has 0 aromatic heterocycles. The maximum Gasteiger partial charge on any atom is 0.191 e. The number of aliphatic imine (C=N–C) groups is 1. The number of hydrogen-bond acceptors (Lipinski definition) is 3. The first-order valence-electron chi connectivity index (χ1n) is 7.71. The van der Waals surface area contributed by atoms with Crippen LogP contribution in [0.3, 0.4) is 0 Å². The summed E-state index contributed by atoms with van der Waals surface area (Å²) in [5.41, 5.74) is 2.62. The van der Waals surface area contributed by atoms with Crippen molar-refractivity contribution in [3.63, 3.8) is 0 Å². The fraction of sp³-hybridized carbons (Fsp3) is 0.278. The molecule has 2 aromatic carbocycles. The van der Waals surface area contributed by atoms with E-state index in [9.17, 15) is 13.9 Å². The molecule has 0 heterocycles. The molecule has 3 N–H and O–H groups in total. The number of benzene rings is 2. The van der Waals surface area contributed by atoms with Crippen LogP contribution >= 0.6 is 11.8 Å². The SMILES string of the molecule is CN=C(NCc1ccc(O)c(F)c1)NCc1ccc(F)cc1CSC. The molecule has 0 fully saturated rings. The van der Waals surface area contributed by atoms with E-state index >= 15 is 0 Å². The van der Waals surface area contributed by atoms with E-state index in [-0.39, 0.29) is 11.6 Å². The number of nitrogens with one attached hydrogen (secondary N) is 2. The van der Waals surface area contributed by atoms with Crippen LogP contribution in [-0.4, -0.2) is 24.4 Å². The highest BCUT2D eigenvalue weighted by atomic mass is 32.2. The maximum atomic E-state index is 13.4. The van der Waals surface area contributed by atoms with Gasteiger partial charge in [0.15, 0.2) is 17.5 Å². The standard InChI is InChI=1S/C18H21F2N3OS/c1-21-18(22-9-12-3-6-17(24)16(20)7-12)23-10-13-4-5-15(19)8-14(13)11-25-2/h3-8,24H,9-11H2,1-2H3,(H2,21,22,23). The summed E-state index contributed by atoms with van der Waals surface area (Å²) in [5.74, 6) is 0.00450. The van der Waals surface area contributed by atoms with Crippen molar-refractivity contribution < 1.29 is 13.9 Å². The van der Waals surface area contributed by atoms with E-state index in [4.69, 9.17) is 0 Å². The van der Waals surface area contributed by atoms with Gasteiger partial charge in [-0.15, -0.1) is 0 Å². The third-order valence-electron chi connectivity index (χ3n) is 3.61. The molecular formula is C18H21F2N3OS. The summed E-state index contributed by atoms with van der Waals surface area (Å²) < 4.78 is 26.7. The predicted octanol–water partition coefficient (Wildman–Crippen LogP) is 3.40. The molecule has 0 unspecified atom stereocenters. The summed E-state index contributed by atoms with van der Waals surface area (Å²) in [4.78, 5) is 4.12. The second kappa shape index (κ2) is 9.27. The lowest BCUT2D eigenvalue weighted by Gasteiger charge is -2.14. The smallest absolute Gasteiger partial charge is 0.191 e. The number of halogens is 2. The number of phenols is 1. The number of thioether (sulfide) groups is 1. The predicted molar refractivity (Wildman–Crippen MR) is 98.7 cm³/mol. The van der Waals surface area contributed by atoms with E-state index in [1.54, 1.807) is 37.0 Å². The molecule has 2 rings (SSSR count). The summed E-state index contributed by atoms with van der Waals surface area (Å²) in [6.07, 6.45) is 1.97. The highest BCUT2D eigenvalue weighted by Crippen LogP contribution is 2.17. The topological polar surface area (TPSA) is 56.7 Å². The second-order valence-corrected chi connectivity index (χ2v) is 6.28. The van der Waals surface area contributed by atoms with Crippen molar-refractivity contribution in [1.29, 1.82) is 0 Å². The molecule has 0 saturated carbocycles. The van der Waals surface area contributed by atoms with Crippen LogP contribution in [0.25, 0.3) is 0 Å². The average molecular weight is 365 g/mol. The number of guanidine groups is 1. The number of phenolic OH excluding ortho intramolecular Hbond substituents is 1. The summed E-state index contributed by atoms with van der Waals surface area (Å²) >= 11 is 1.63. The lowest BCUT2D eigenvalue weighted by Crippen LogP contribution is -2.36. The maximum absolute atomic E-state index is 13.4. The van der Waals surface area contributed by atoms with E-state index in [1.807, 2.05) is 6.26 Å². The number of nitrogens with zero attached hydrogens (tertiary/aromatic N) is 1.